The quantitative estimate of drug-likeness (QED) is 0.701. The number of ether oxygens (including phenoxy) is 1. The van der Waals surface area contributed by atoms with Crippen molar-refractivity contribution in [3.05, 3.63) is 59.7 Å². The maximum absolute atomic E-state index is 12.8. The number of nitrogens with zero attached hydrogens (tertiary/aromatic N) is 1. The lowest BCUT2D eigenvalue weighted by atomic mass is 9.85. The average Bonchev–Trinajstić information content (AvgIpc) is 2.72. The van der Waals surface area contributed by atoms with Crippen molar-refractivity contribution < 1.29 is 17.9 Å². The van der Waals surface area contributed by atoms with Crippen LogP contribution in [0.15, 0.2) is 53.4 Å². The topological polar surface area (TPSA) is 75.7 Å². The van der Waals surface area contributed by atoms with Gasteiger partial charge in [0.15, 0.2) is 5.78 Å². The lowest BCUT2D eigenvalue weighted by molar-refractivity contribution is 0.101. The van der Waals surface area contributed by atoms with E-state index in [-0.39, 0.29) is 22.6 Å². The van der Waals surface area contributed by atoms with Crippen LogP contribution < -0.4 is 9.46 Å². The van der Waals surface area contributed by atoms with Crippen molar-refractivity contribution in [2.75, 3.05) is 27.2 Å². The van der Waals surface area contributed by atoms with Crippen molar-refractivity contribution in [3.8, 4) is 5.75 Å². The van der Waals surface area contributed by atoms with E-state index < -0.39 is 10.0 Å². The Bertz CT molecular complexity index is 957. The molecular formula is C22H28N2O4S. The maximum atomic E-state index is 12.8. The second kappa shape index (κ2) is 9.07. The molecule has 2 aromatic carbocycles. The fraction of sp³-hybridized carbons (Fsp3) is 0.409. The van der Waals surface area contributed by atoms with Crippen LogP contribution in [0, 0.1) is 5.92 Å². The van der Waals surface area contributed by atoms with E-state index in [9.17, 15) is 13.2 Å². The molecule has 6 nitrogen and oxygen atoms in total. The smallest absolute Gasteiger partial charge is 0.240 e. The van der Waals surface area contributed by atoms with Crippen LogP contribution in [0.5, 0.6) is 5.75 Å². The van der Waals surface area contributed by atoms with E-state index in [0.717, 1.165) is 30.7 Å². The first-order valence-electron chi connectivity index (χ1n) is 9.76. The molecule has 3 rings (SSSR count). The fourth-order valence-corrected chi connectivity index (χ4v) is 5.12. The second-order valence-electron chi connectivity index (χ2n) is 7.54. The Kier molecular flexibility index (Phi) is 6.72. The van der Waals surface area contributed by atoms with E-state index in [1.165, 1.54) is 19.1 Å². The molecule has 1 N–H and O–H groups in total. The maximum Gasteiger partial charge on any atom is 0.240 e. The number of carbonyl (C=O) groups is 1. The third-order valence-electron chi connectivity index (χ3n) is 5.55. The summed E-state index contributed by atoms with van der Waals surface area (Å²) in [6.45, 7) is 2.74. The molecule has 2 atom stereocenters. The van der Waals surface area contributed by atoms with Crippen molar-refractivity contribution in [3.63, 3.8) is 0 Å². The number of rotatable bonds is 7. The lowest BCUT2D eigenvalue weighted by Crippen LogP contribution is -2.41. The summed E-state index contributed by atoms with van der Waals surface area (Å²) in [7, 11) is 0.0244. The van der Waals surface area contributed by atoms with E-state index in [1.54, 1.807) is 19.2 Å². The first-order chi connectivity index (χ1) is 13.8. The molecule has 0 radical (unpaired) electrons. The number of benzene rings is 2. The number of sulfonamides is 1. The average molecular weight is 417 g/mol. The number of Topliss-reactive ketones (excluding diaryl/α,β-unsaturated/α-hetero) is 1. The molecule has 1 fully saturated rings. The highest BCUT2D eigenvalue weighted by molar-refractivity contribution is 7.89. The van der Waals surface area contributed by atoms with Crippen molar-refractivity contribution in [2.45, 2.75) is 30.7 Å². The Morgan fingerprint density at radius 2 is 1.93 bits per heavy atom. The van der Waals surface area contributed by atoms with E-state index in [4.69, 9.17) is 4.74 Å². The van der Waals surface area contributed by atoms with Crippen LogP contribution in [0.2, 0.25) is 0 Å². The summed E-state index contributed by atoms with van der Waals surface area (Å²) in [6, 6.07) is 14.3. The Balaban J connectivity index is 1.77. The van der Waals surface area contributed by atoms with Gasteiger partial charge in [-0.3, -0.25) is 9.69 Å². The molecule has 1 heterocycles. The molecule has 1 aliphatic heterocycles. The fourth-order valence-electron chi connectivity index (χ4n) is 3.98. The van der Waals surface area contributed by atoms with Crippen molar-refractivity contribution in [1.82, 2.24) is 9.62 Å². The van der Waals surface area contributed by atoms with Crippen LogP contribution in [0.1, 0.15) is 41.7 Å². The number of nitrogens with one attached hydrogen (secondary N) is 1. The Hall–Kier alpha value is -2.22. The minimum atomic E-state index is -3.69. The van der Waals surface area contributed by atoms with Gasteiger partial charge in [-0.1, -0.05) is 24.3 Å². The zero-order valence-corrected chi connectivity index (χ0v) is 17.9. The van der Waals surface area contributed by atoms with Crippen LogP contribution in [0.4, 0.5) is 0 Å². The number of ketones is 1. The van der Waals surface area contributed by atoms with E-state index in [2.05, 4.69) is 16.7 Å². The van der Waals surface area contributed by atoms with E-state index in [1.807, 2.05) is 24.3 Å². The lowest BCUT2D eigenvalue weighted by Gasteiger charge is -2.39. The first-order valence-corrected chi connectivity index (χ1v) is 11.2. The molecule has 156 valence electrons. The number of hydrogen-bond donors (Lipinski definition) is 1. The predicted octanol–water partition coefficient (Wildman–Crippen LogP) is 3.26. The summed E-state index contributed by atoms with van der Waals surface area (Å²) in [5.41, 5.74) is 1.54. The molecular weight excluding hydrogens is 388 g/mol. The summed E-state index contributed by atoms with van der Waals surface area (Å²) in [4.78, 5) is 14.0. The largest absolute Gasteiger partial charge is 0.497 e. The second-order valence-corrected chi connectivity index (χ2v) is 9.30. The third kappa shape index (κ3) is 5.04. The van der Waals surface area contributed by atoms with Crippen molar-refractivity contribution in [1.29, 1.82) is 0 Å². The molecule has 0 spiro atoms. The van der Waals surface area contributed by atoms with Gasteiger partial charge >= 0.3 is 0 Å². The SMILES string of the molecule is COc1ccc(C2C(CNS(=O)(=O)c3cccc(C(C)=O)c3)CCCN2C)cc1. The zero-order valence-electron chi connectivity index (χ0n) is 17.1. The molecule has 1 saturated heterocycles. The predicted molar refractivity (Wildman–Crippen MR) is 113 cm³/mol. The molecule has 0 amide bonds. The summed E-state index contributed by atoms with van der Waals surface area (Å²) >= 11 is 0. The number of hydrogen-bond acceptors (Lipinski definition) is 5. The van der Waals surface area contributed by atoms with Gasteiger partial charge in [-0.05, 0) is 69.1 Å². The van der Waals surface area contributed by atoms with Gasteiger partial charge < -0.3 is 4.74 Å². The highest BCUT2D eigenvalue weighted by Crippen LogP contribution is 2.35. The van der Waals surface area contributed by atoms with E-state index in [0.29, 0.717) is 12.1 Å². The highest BCUT2D eigenvalue weighted by atomic mass is 32.2. The molecule has 0 bridgehead atoms. The molecule has 0 saturated carbocycles. The van der Waals surface area contributed by atoms with Crippen LogP contribution in [-0.2, 0) is 10.0 Å². The summed E-state index contributed by atoms with van der Waals surface area (Å²) < 4.78 is 33.6. The van der Waals surface area contributed by atoms with Crippen LogP contribution in [0.25, 0.3) is 0 Å². The van der Waals surface area contributed by atoms with Gasteiger partial charge in [0.25, 0.3) is 0 Å². The standard InChI is InChI=1S/C22H28N2O4S/c1-16(25)18-6-4-8-21(14-18)29(26,27)23-15-19-7-5-13-24(2)22(19)17-9-11-20(28-3)12-10-17/h4,6,8-12,14,19,22-23H,5,7,13,15H2,1-3H3. The van der Waals surface area contributed by atoms with Crippen LogP contribution >= 0.6 is 0 Å². The Morgan fingerprint density at radius 3 is 2.59 bits per heavy atom. The van der Waals surface area contributed by atoms with Crippen molar-refractivity contribution >= 4 is 15.8 Å². The molecule has 2 aromatic rings. The Labute approximate surface area is 172 Å². The van der Waals surface area contributed by atoms with Gasteiger partial charge in [-0.25, -0.2) is 13.1 Å². The van der Waals surface area contributed by atoms with Crippen molar-refractivity contribution in [2.24, 2.45) is 5.92 Å². The molecule has 1 aliphatic rings. The normalized spacial score (nSPS) is 20.4. The number of carbonyl (C=O) groups excluding carboxylic acids is 1. The summed E-state index contributed by atoms with van der Waals surface area (Å²) in [5, 5.41) is 0. The monoisotopic (exact) mass is 416 g/mol. The molecule has 0 aromatic heterocycles. The zero-order chi connectivity index (χ0) is 21.0. The molecule has 29 heavy (non-hydrogen) atoms. The third-order valence-corrected chi connectivity index (χ3v) is 6.97. The van der Waals surface area contributed by atoms with Crippen LogP contribution in [-0.4, -0.2) is 46.3 Å². The number of likely N-dealkylation sites (tertiary alicyclic amines) is 1. The minimum absolute atomic E-state index is 0.121. The van der Waals surface area contributed by atoms with Gasteiger partial charge in [0.05, 0.1) is 12.0 Å². The van der Waals surface area contributed by atoms with Gasteiger partial charge in [-0.15, -0.1) is 0 Å². The Morgan fingerprint density at radius 1 is 1.21 bits per heavy atom. The molecule has 7 heteroatoms. The first kappa shape index (κ1) is 21.5. The molecule has 0 aliphatic carbocycles. The highest BCUT2D eigenvalue weighted by Gasteiger charge is 2.31. The van der Waals surface area contributed by atoms with Gasteiger partial charge in [0.2, 0.25) is 10.0 Å². The number of piperidine rings is 1. The minimum Gasteiger partial charge on any atom is -0.497 e. The van der Waals surface area contributed by atoms with Gasteiger partial charge in [0.1, 0.15) is 5.75 Å². The van der Waals surface area contributed by atoms with Gasteiger partial charge in [0, 0.05) is 18.2 Å². The van der Waals surface area contributed by atoms with E-state index >= 15 is 0 Å². The van der Waals surface area contributed by atoms with Crippen LogP contribution in [0.3, 0.4) is 0 Å². The molecule has 2 unspecified atom stereocenters. The number of methoxy groups -OCH3 is 1. The summed E-state index contributed by atoms with van der Waals surface area (Å²) in [6.07, 6.45) is 1.96. The van der Waals surface area contributed by atoms with Gasteiger partial charge in [-0.2, -0.15) is 0 Å². The summed E-state index contributed by atoms with van der Waals surface area (Å²) in [5.74, 6) is 0.790.